The van der Waals surface area contributed by atoms with Crippen LogP contribution in [0.5, 0.6) is 5.75 Å². The topological polar surface area (TPSA) is 139 Å². The number of nitrogens with zero attached hydrogens (tertiary/aromatic N) is 2. The average Bonchev–Trinajstić information content (AvgIpc) is 3.69. The first-order chi connectivity index (χ1) is 18.7. The minimum atomic E-state index is -3.84. The van der Waals surface area contributed by atoms with Gasteiger partial charge in [-0.2, -0.15) is 5.10 Å². The highest BCUT2D eigenvalue weighted by atomic mass is 35.5. The molecule has 4 aromatic rings. The number of rotatable bonds is 8. The van der Waals surface area contributed by atoms with Crippen LogP contribution in [0.1, 0.15) is 34.1 Å². The van der Waals surface area contributed by atoms with E-state index in [0.717, 1.165) is 23.0 Å². The van der Waals surface area contributed by atoms with Crippen molar-refractivity contribution in [1.82, 2.24) is 5.01 Å². The van der Waals surface area contributed by atoms with Crippen molar-refractivity contribution < 1.29 is 32.3 Å². The van der Waals surface area contributed by atoms with E-state index in [9.17, 15) is 23.1 Å². The third-order valence-corrected chi connectivity index (χ3v) is 8.80. The molecule has 3 heterocycles. The highest BCUT2D eigenvalue weighted by Gasteiger charge is 2.35. The van der Waals surface area contributed by atoms with Gasteiger partial charge in [-0.1, -0.05) is 29.8 Å². The molecular formula is C26H20ClN3O7S2. The van der Waals surface area contributed by atoms with Gasteiger partial charge in [0.15, 0.2) is 6.61 Å². The summed E-state index contributed by atoms with van der Waals surface area (Å²) < 4.78 is 37.9. The Bertz CT molecular complexity index is 1640. The Balaban J connectivity index is 1.27. The van der Waals surface area contributed by atoms with E-state index in [1.807, 2.05) is 0 Å². The number of phenols is 1. The number of thiophene rings is 1. The van der Waals surface area contributed by atoms with Crippen LogP contribution >= 0.6 is 22.9 Å². The van der Waals surface area contributed by atoms with Crippen molar-refractivity contribution in [2.75, 3.05) is 11.3 Å². The maximum Gasteiger partial charge on any atom is 0.342 e. The number of benzene rings is 2. The van der Waals surface area contributed by atoms with E-state index < -0.39 is 40.3 Å². The Kier molecular flexibility index (Phi) is 7.42. The number of halogens is 1. The fourth-order valence-corrected chi connectivity index (χ4v) is 6.09. The molecule has 200 valence electrons. The molecule has 1 unspecified atom stereocenters. The molecule has 2 aromatic carbocycles. The van der Waals surface area contributed by atoms with Crippen molar-refractivity contribution in [2.45, 2.75) is 16.7 Å². The lowest BCUT2D eigenvalue weighted by Crippen LogP contribution is -2.31. The van der Waals surface area contributed by atoms with Crippen LogP contribution in [0, 0.1) is 0 Å². The number of nitrogens with one attached hydrogen (secondary N) is 1. The highest BCUT2D eigenvalue weighted by Crippen LogP contribution is 2.33. The molecule has 0 radical (unpaired) electrons. The maximum atomic E-state index is 13.1. The summed E-state index contributed by atoms with van der Waals surface area (Å²) in [5.41, 5.74) is 1.22. The number of hydrogen-bond donors (Lipinski definition) is 2. The molecule has 0 spiro atoms. The summed E-state index contributed by atoms with van der Waals surface area (Å²) in [4.78, 5) is 25.7. The van der Waals surface area contributed by atoms with Gasteiger partial charge in [-0.25, -0.2) is 18.2 Å². The van der Waals surface area contributed by atoms with Gasteiger partial charge in [0.25, 0.3) is 15.9 Å². The van der Waals surface area contributed by atoms with E-state index >= 15 is 0 Å². The monoisotopic (exact) mass is 585 g/mol. The van der Waals surface area contributed by atoms with Gasteiger partial charge in [0.2, 0.25) is 0 Å². The van der Waals surface area contributed by atoms with Gasteiger partial charge in [-0.05, 0) is 53.4 Å². The fraction of sp³-hybridized carbons (Fsp3) is 0.115. The molecule has 1 amide bonds. The molecule has 39 heavy (non-hydrogen) atoms. The van der Waals surface area contributed by atoms with Crippen LogP contribution in [-0.2, 0) is 19.6 Å². The standard InChI is InChI=1S/C26H20ClN3O7S2/c27-17-7-5-16(6-8-17)20-14-21(23-3-1-11-36-23)30(28-20)24(32)15-37-26(33)19-10-9-18(13-22(19)31)29-39(34,35)25-4-2-12-38-25/h1-13,21,29,31H,14-15H2. The van der Waals surface area contributed by atoms with E-state index in [1.54, 1.807) is 47.8 Å². The van der Waals surface area contributed by atoms with Gasteiger partial charge in [0.1, 0.15) is 27.3 Å². The quantitative estimate of drug-likeness (QED) is 0.276. The Hall–Kier alpha value is -4.13. The molecule has 5 rings (SSSR count). The number of hydrogen-bond acceptors (Lipinski definition) is 9. The SMILES string of the molecule is O=C(OCC(=O)N1N=C(c2ccc(Cl)cc2)CC1c1ccco1)c1ccc(NS(=O)(=O)c2cccs2)cc1O. The summed E-state index contributed by atoms with van der Waals surface area (Å²) in [6, 6.07) is 16.5. The third-order valence-electron chi connectivity index (χ3n) is 5.77. The number of sulfonamides is 1. The van der Waals surface area contributed by atoms with E-state index in [0.29, 0.717) is 22.9 Å². The van der Waals surface area contributed by atoms with Crippen LogP contribution in [0.15, 0.2) is 92.1 Å². The normalized spacial score (nSPS) is 15.2. The minimum absolute atomic E-state index is 0.0518. The predicted molar refractivity (Wildman–Crippen MR) is 144 cm³/mol. The summed E-state index contributed by atoms with van der Waals surface area (Å²) in [5.74, 6) is -1.57. The molecule has 2 aromatic heterocycles. The van der Waals surface area contributed by atoms with Crippen molar-refractivity contribution in [1.29, 1.82) is 0 Å². The molecule has 0 bridgehead atoms. The van der Waals surface area contributed by atoms with Crippen LogP contribution < -0.4 is 4.72 Å². The largest absolute Gasteiger partial charge is 0.507 e. The van der Waals surface area contributed by atoms with Crippen LogP contribution in [0.4, 0.5) is 5.69 Å². The van der Waals surface area contributed by atoms with Gasteiger partial charge in [-0.3, -0.25) is 9.52 Å². The first-order valence-electron chi connectivity index (χ1n) is 11.5. The lowest BCUT2D eigenvalue weighted by Gasteiger charge is -2.19. The van der Waals surface area contributed by atoms with Crippen LogP contribution in [-0.4, -0.2) is 42.7 Å². The number of esters is 1. The second-order valence-electron chi connectivity index (χ2n) is 8.37. The number of hydrazone groups is 1. The lowest BCUT2D eigenvalue weighted by molar-refractivity contribution is -0.136. The Morgan fingerprint density at radius 1 is 1.15 bits per heavy atom. The smallest absolute Gasteiger partial charge is 0.342 e. The lowest BCUT2D eigenvalue weighted by atomic mass is 10.0. The van der Waals surface area contributed by atoms with E-state index in [1.165, 1.54) is 29.5 Å². The van der Waals surface area contributed by atoms with Crippen molar-refractivity contribution in [3.8, 4) is 5.75 Å². The number of carbonyl (C=O) groups is 2. The molecule has 2 N–H and O–H groups in total. The number of phenolic OH excluding ortho intramolecular Hbond substituents is 1. The number of ether oxygens (including phenoxy) is 1. The van der Waals surface area contributed by atoms with Gasteiger partial charge < -0.3 is 14.3 Å². The molecule has 0 aliphatic carbocycles. The first kappa shape index (κ1) is 26.5. The number of amides is 1. The van der Waals surface area contributed by atoms with Crippen molar-refractivity contribution in [3.05, 3.63) is 100 Å². The zero-order chi connectivity index (χ0) is 27.6. The molecule has 0 fully saturated rings. The average molecular weight is 586 g/mol. The Morgan fingerprint density at radius 2 is 1.95 bits per heavy atom. The van der Waals surface area contributed by atoms with Crippen LogP contribution in [0.2, 0.25) is 5.02 Å². The number of anilines is 1. The zero-order valence-corrected chi connectivity index (χ0v) is 22.4. The fourth-order valence-electron chi connectivity index (χ4n) is 3.92. The predicted octanol–water partition coefficient (Wildman–Crippen LogP) is 5.04. The molecule has 0 saturated carbocycles. The summed E-state index contributed by atoms with van der Waals surface area (Å²) in [7, 11) is -3.84. The van der Waals surface area contributed by atoms with E-state index in [2.05, 4.69) is 9.82 Å². The molecule has 10 nitrogen and oxygen atoms in total. The molecule has 13 heteroatoms. The molecule has 1 atom stereocenters. The first-order valence-corrected chi connectivity index (χ1v) is 14.2. The highest BCUT2D eigenvalue weighted by molar-refractivity contribution is 7.94. The number of aromatic hydroxyl groups is 1. The zero-order valence-electron chi connectivity index (χ0n) is 20.0. The summed E-state index contributed by atoms with van der Waals surface area (Å²) in [5, 5.41) is 18.2. The van der Waals surface area contributed by atoms with E-state index in [4.69, 9.17) is 20.8 Å². The second kappa shape index (κ2) is 10.9. The van der Waals surface area contributed by atoms with Crippen molar-refractivity contribution in [3.63, 3.8) is 0 Å². The Morgan fingerprint density at radius 3 is 2.62 bits per heavy atom. The third kappa shape index (κ3) is 5.82. The van der Waals surface area contributed by atoms with Crippen LogP contribution in [0.25, 0.3) is 0 Å². The van der Waals surface area contributed by atoms with Gasteiger partial charge in [-0.15, -0.1) is 11.3 Å². The molecule has 1 aliphatic heterocycles. The molecule has 0 saturated heterocycles. The van der Waals surface area contributed by atoms with Gasteiger partial charge in [0, 0.05) is 17.5 Å². The maximum absolute atomic E-state index is 13.1. The summed E-state index contributed by atoms with van der Waals surface area (Å²) in [6.07, 6.45) is 1.86. The minimum Gasteiger partial charge on any atom is -0.507 e. The summed E-state index contributed by atoms with van der Waals surface area (Å²) >= 11 is 7.02. The van der Waals surface area contributed by atoms with Gasteiger partial charge >= 0.3 is 5.97 Å². The van der Waals surface area contributed by atoms with Crippen LogP contribution in [0.3, 0.4) is 0 Å². The second-order valence-corrected chi connectivity index (χ2v) is 11.7. The van der Waals surface area contributed by atoms with Crippen molar-refractivity contribution >= 4 is 56.2 Å². The van der Waals surface area contributed by atoms with Crippen molar-refractivity contribution in [2.24, 2.45) is 5.10 Å². The number of carbonyl (C=O) groups excluding carboxylic acids is 2. The Labute approximate surface area is 232 Å². The summed E-state index contributed by atoms with van der Waals surface area (Å²) in [6.45, 7) is -0.653. The van der Waals surface area contributed by atoms with Gasteiger partial charge in [0.05, 0.1) is 17.7 Å². The number of furan rings is 1. The van der Waals surface area contributed by atoms with E-state index in [-0.39, 0.29) is 15.5 Å². The molecular weight excluding hydrogens is 566 g/mol. The molecule has 1 aliphatic rings.